The molecule has 0 spiro atoms. The van der Waals surface area contributed by atoms with Gasteiger partial charge in [0.1, 0.15) is 5.60 Å². The molecule has 2 unspecified atom stereocenters. The first-order chi connectivity index (χ1) is 6.23. The summed E-state index contributed by atoms with van der Waals surface area (Å²) in [5.74, 6) is 0. The molecule has 0 saturated carbocycles. The molecule has 4 heteroatoms. The minimum atomic E-state index is -0.575. The van der Waals surface area contributed by atoms with Crippen LogP contribution in [-0.4, -0.2) is 16.9 Å². The average molecular weight is 197 g/mol. The van der Waals surface area contributed by atoms with E-state index in [1.807, 2.05) is 13.1 Å². The van der Waals surface area contributed by atoms with Crippen LogP contribution in [0, 0.1) is 0 Å². The average Bonchev–Trinajstić information content (AvgIpc) is 2.73. The first-order valence-corrected chi connectivity index (χ1v) is 5.14. The van der Waals surface area contributed by atoms with Crippen LogP contribution in [0.2, 0.25) is 0 Å². The van der Waals surface area contributed by atoms with Gasteiger partial charge in [0.05, 0.1) is 16.5 Å². The molecule has 70 valence electrons. The van der Waals surface area contributed by atoms with Gasteiger partial charge in [-0.25, -0.2) is 0 Å². The number of hydrogen-bond donors (Lipinski definition) is 0. The summed E-state index contributed by atoms with van der Waals surface area (Å²) in [6, 6.07) is 0. The van der Waals surface area contributed by atoms with Crippen LogP contribution in [0.5, 0.6) is 0 Å². The highest BCUT2D eigenvalue weighted by Crippen LogP contribution is 2.39. The summed E-state index contributed by atoms with van der Waals surface area (Å²) < 4.78 is 5.64. The van der Waals surface area contributed by atoms with Crippen LogP contribution in [0.15, 0.2) is 11.7 Å². The summed E-state index contributed by atoms with van der Waals surface area (Å²) in [7, 11) is 0. The maximum Gasteiger partial charge on any atom is 0.151 e. The molecule has 1 fully saturated rings. The van der Waals surface area contributed by atoms with Crippen molar-refractivity contribution in [2.45, 2.75) is 31.5 Å². The Bertz CT molecular complexity index is 299. The molecule has 3 nitrogen and oxygen atoms in total. The van der Waals surface area contributed by atoms with E-state index in [0.29, 0.717) is 0 Å². The predicted molar refractivity (Wildman–Crippen MR) is 49.6 cm³/mol. The highest BCUT2D eigenvalue weighted by Gasteiger charge is 2.36. The molecule has 1 aromatic heterocycles. The van der Waals surface area contributed by atoms with E-state index in [1.165, 1.54) is 0 Å². The maximum absolute atomic E-state index is 10.7. The van der Waals surface area contributed by atoms with Crippen molar-refractivity contribution in [3.63, 3.8) is 0 Å². The summed E-state index contributed by atoms with van der Waals surface area (Å²) in [4.78, 5) is 15.8. The van der Waals surface area contributed by atoms with Crippen molar-refractivity contribution in [2.75, 3.05) is 0 Å². The molecule has 2 heterocycles. The second kappa shape index (κ2) is 3.20. The Morgan fingerprint density at radius 2 is 2.69 bits per heavy atom. The van der Waals surface area contributed by atoms with Crippen LogP contribution in [0.25, 0.3) is 0 Å². The van der Waals surface area contributed by atoms with Crippen molar-refractivity contribution in [3.05, 3.63) is 16.6 Å². The highest BCUT2D eigenvalue weighted by molar-refractivity contribution is 7.09. The van der Waals surface area contributed by atoms with E-state index < -0.39 is 5.60 Å². The molecule has 0 radical (unpaired) electrons. The fraction of sp³-hybridized carbons (Fsp3) is 0.556. The Morgan fingerprint density at radius 1 is 1.85 bits per heavy atom. The van der Waals surface area contributed by atoms with Crippen molar-refractivity contribution in [3.8, 4) is 0 Å². The summed E-state index contributed by atoms with van der Waals surface area (Å²) >= 11 is 1.58. The van der Waals surface area contributed by atoms with Gasteiger partial charge in [0.15, 0.2) is 6.29 Å². The lowest BCUT2D eigenvalue weighted by atomic mass is 10.0. The second-order valence-corrected chi connectivity index (χ2v) is 4.40. The highest BCUT2D eigenvalue weighted by atomic mass is 32.1. The summed E-state index contributed by atoms with van der Waals surface area (Å²) in [6.45, 7) is 1.83. The number of thiazole rings is 1. The van der Waals surface area contributed by atoms with Gasteiger partial charge in [-0.15, -0.1) is 11.3 Å². The number of hydrogen-bond acceptors (Lipinski definition) is 4. The monoisotopic (exact) mass is 197 g/mol. The van der Waals surface area contributed by atoms with Gasteiger partial charge < -0.3 is 9.53 Å². The molecule has 0 N–H and O–H groups in total. The SMILES string of the molecule is CC1(C=O)CCC(c2cncs2)O1. The zero-order valence-electron chi connectivity index (χ0n) is 7.40. The van der Waals surface area contributed by atoms with E-state index >= 15 is 0 Å². The minimum Gasteiger partial charge on any atom is -0.359 e. The fourth-order valence-electron chi connectivity index (χ4n) is 1.53. The van der Waals surface area contributed by atoms with Crippen molar-refractivity contribution < 1.29 is 9.53 Å². The second-order valence-electron chi connectivity index (χ2n) is 3.48. The van der Waals surface area contributed by atoms with Crippen LogP contribution in [0.1, 0.15) is 30.7 Å². The third kappa shape index (κ3) is 1.64. The predicted octanol–water partition coefficient (Wildman–Crippen LogP) is 1.95. The van der Waals surface area contributed by atoms with Gasteiger partial charge in [-0.1, -0.05) is 0 Å². The van der Waals surface area contributed by atoms with Crippen molar-refractivity contribution in [2.24, 2.45) is 0 Å². The third-order valence-electron chi connectivity index (χ3n) is 2.33. The zero-order chi connectivity index (χ0) is 9.31. The molecule has 1 saturated heterocycles. The van der Waals surface area contributed by atoms with Gasteiger partial charge in [-0.3, -0.25) is 4.98 Å². The van der Waals surface area contributed by atoms with Crippen molar-refractivity contribution >= 4 is 17.6 Å². The lowest BCUT2D eigenvalue weighted by Gasteiger charge is -2.16. The quantitative estimate of drug-likeness (QED) is 0.680. The van der Waals surface area contributed by atoms with Gasteiger partial charge in [0.2, 0.25) is 0 Å². The van der Waals surface area contributed by atoms with Crippen LogP contribution >= 0.6 is 11.3 Å². The van der Waals surface area contributed by atoms with Gasteiger partial charge in [0, 0.05) is 6.20 Å². The van der Waals surface area contributed by atoms with E-state index in [-0.39, 0.29) is 6.10 Å². The fourth-order valence-corrected chi connectivity index (χ4v) is 2.22. The minimum absolute atomic E-state index is 0.0719. The molecule has 2 atom stereocenters. The number of carbonyl (C=O) groups is 1. The van der Waals surface area contributed by atoms with Gasteiger partial charge in [-0.2, -0.15) is 0 Å². The Labute approximate surface area is 80.8 Å². The molecular formula is C9H11NO2S. The molecule has 1 aliphatic rings. The topological polar surface area (TPSA) is 39.2 Å². The van der Waals surface area contributed by atoms with Gasteiger partial charge in [-0.05, 0) is 19.8 Å². The van der Waals surface area contributed by atoms with Crippen LogP contribution in [0.4, 0.5) is 0 Å². The smallest absolute Gasteiger partial charge is 0.151 e. The molecular weight excluding hydrogens is 186 g/mol. The Balaban J connectivity index is 2.11. The molecule has 0 bridgehead atoms. The number of nitrogens with zero attached hydrogens (tertiary/aromatic N) is 1. The summed E-state index contributed by atoms with van der Waals surface area (Å²) in [5, 5.41) is 0. The maximum atomic E-state index is 10.7. The number of aldehydes is 1. The summed E-state index contributed by atoms with van der Waals surface area (Å²) in [6.07, 6.45) is 4.50. The Kier molecular flexibility index (Phi) is 2.17. The van der Waals surface area contributed by atoms with E-state index in [9.17, 15) is 4.79 Å². The molecule has 1 aromatic rings. The standard InChI is InChI=1S/C9H11NO2S/c1-9(5-11)3-2-7(12-9)8-4-10-6-13-8/h4-7H,2-3H2,1H3. The van der Waals surface area contributed by atoms with Gasteiger partial charge in [0.25, 0.3) is 0 Å². The van der Waals surface area contributed by atoms with Crippen LogP contribution in [0.3, 0.4) is 0 Å². The number of aromatic nitrogens is 1. The van der Waals surface area contributed by atoms with E-state index in [2.05, 4.69) is 4.98 Å². The zero-order valence-corrected chi connectivity index (χ0v) is 8.21. The first kappa shape index (κ1) is 8.84. The molecule has 2 rings (SSSR count). The normalized spacial score (nSPS) is 33.5. The number of ether oxygens (including phenoxy) is 1. The Morgan fingerprint density at radius 3 is 3.23 bits per heavy atom. The Hall–Kier alpha value is -0.740. The van der Waals surface area contributed by atoms with E-state index in [1.54, 1.807) is 16.8 Å². The van der Waals surface area contributed by atoms with E-state index in [0.717, 1.165) is 24.0 Å². The number of rotatable bonds is 2. The molecule has 0 aromatic carbocycles. The molecule has 0 amide bonds. The van der Waals surface area contributed by atoms with Crippen LogP contribution in [-0.2, 0) is 9.53 Å². The van der Waals surface area contributed by atoms with Crippen molar-refractivity contribution in [1.29, 1.82) is 0 Å². The summed E-state index contributed by atoms with van der Waals surface area (Å²) in [5.41, 5.74) is 1.21. The molecule has 13 heavy (non-hydrogen) atoms. The largest absolute Gasteiger partial charge is 0.359 e. The lowest BCUT2D eigenvalue weighted by Crippen LogP contribution is -2.24. The van der Waals surface area contributed by atoms with Crippen molar-refractivity contribution in [1.82, 2.24) is 4.98 Å². The molecule has 0 aliphatic carbocycles. The van der Waals surface area contributed by atoms with E-state index in [4.69, 9.17) is 4.74 Å². The third-order valence-corrected chi connectivity index (χ3v) is 3.20. The van der Waals surface area contributed by atoms with Gasteiger partial charge >= 0.3 is 0 Å². The van der Waals surface area contributed by atoms with Crippen LogP contribution < -0.4 is 0 Å². The first-order valence-electron chi connectivity index (χ1n) is 4.26. The molecule has 1 aliphatic heterocycles. The number of carbonyl (C=O) groups excluding carboxylic acids is 1. The lowest BCUT2D eigenvalue weighted by molar-refractivity contribution is -0.127.